The van der Waals surface area contributed by atoms with Crippen LogP contribution in [0, 0.1) is 5.92 Å². The van der Waals surface area contributed by atoms with Gasteiger partial charge in [-0.2, -0.15) is 0 Å². The highest BCUT2D eigenvalue weighted by atomic mass is 35.5. The summed E-state index contributed by atoms with van der Waals surface area (Å²) >= 11 is 6.22. The molecule has 2 atom stereocenters. The number of hydrogen-bond acceptors (Lipinski definition) is 6. The molecule has 0 spiro atoms. The second-order valence-corrected chi connectivity index (χ2v) is 12.1. The number of fused-ring (bicyclic) bond motifs is 1. The highest BCUT2D eigenvalue weighted by Crippen LogP contribution is 2.32. The number of rotatable bonds is 14. The molecule has 246 valence electrons. The van der Waals surface area contributed by atoms with Gasteiger partial charge in [0.2, 0.25) is 11.8 Å². The fourth-order valence-corrected chi connectivity index (χ4v) is 5.72. The first kappa shape index (κ1) is 36.1. The molecule has 1 aliphatic rings. The van der Waals surface area contributed by atoms with Gasteiger partial charge < -0.3 is 25.3 Å². The average molecular weight is 640 g/mol. The summed E-state index contributed by atoms with van der Waals surface area (Å²) in [5.74, 6) is -0.857. The number of halogens is 1. The van der Waals surface area contributed by atoms with Gasteiger partial charge >= 0.3 is 5.97 Å². The van der Waals surface area contributed by atoms with Crippen molar-refractivity contribution in [1.82, 2.24) is 25.8 Å². The SMILES string of the molecule is CCNC(=O)C(NC(CC(C)C)C(=O)NCCCN1CCCCC1)c1c(C(=O)OCC)[nH]c2cc(Cl)ccc12.c1ccccc1. The third kappa shape index (κ3) is 11.5. The normalized spacial score (nSPS) is 14.7. The molecule has 1 aromatic heterocycles. The smallest absolute Gasteiger partial charge is 0.355 e. The number of ether oxygens (including phenoxy) is 1. The molecule has 2 unspecified atom stereocenters. The van der Waals surface area contributed by atoms with Crippen LogP contribution >= 0.6 is 11.6 Å². The Balaban J connectivity index is 0.000000821. The van der Waals surface area contributed by atoms with Crippen LogP contribution in [0.1, 0.15) is 81.9 Å². The number of piperidine rings is 1. The zero-order valence-corrected chi connectivity index (χ0v) is 27.9. The number of esters is 1. The molecule has 2 aromatic carbocycles. The Labute approximate surface area is 272 Å². The van der Waals surface area contributed by atoms with Crippen LogP contribution in [0.5, 0.6) is 0 Å². The Morgan fingerprint density at radius 1 is 0.956 bits per heavy atom. The average Bonchev–Trinajstić information content (AvgIpc) is 3.41. The number of likely N-dealkylation sites (tertiary alicyclic amines) is 1. The van der Waals surface area contributed by atoms with E-state index >= 15 is 0 Å². The third-order valence-electron chi connectivity index (χ3n) is 7.64. The minimum absolute atomic E-state index is 0.155. The van der Waals surface area contributed by atoms with Gasteiger partial charge in [-0.1, -0.05) is 74.3 Å². The van der Waals surface area contributed by atoms with Gasteiger partial charge in [0.1, 0.15) is 11.7 Å². The molecule has 1 saturated heterocycles. The van der Waals surface area contributed by atoms with Crippen molar-refractivity contribution in [1.29, 1.82) is 0 Å². The number of carbonyl (C=O) groups excluding carboxylic acids is 3. The Kier molecular flexibility index (Phi) is 15.4. The standard InChI is InChI=1S/C29H44ClN5O4.C6H6/c1-5-31-28(37)25(24-21-12-11-20(30)18-22(21)33-26(24)29(38)39-6-2)34-23(17-19(3)4)27(36)32-13-10-16-35-14-8-7-9-15-35;1-2-4-6-5-3-1/h11-12,18-19,23,25,33-34H,5-10,13-17H2,1-4H3,(H,31,37)(H,32,36);1-6H. The molecule has 1 fully saturated rings. The number of nitrogens with one attached hydrogen (secondary N) is 4. The predicted octanol–water partition coefficient (Wildman–Crippen LogP) is 5.86. The zero-order valence-electron chi connectivity index (χ0n) is 27.2. The van der Waals surface area contributed by atoms with Crippen LogP contribution in [0.25, 0.3) is 10.9 Å². The predicted molar refractivity (Wildman–Crippen MR) is 181 cm³/mol. The summed E-state index contributed by atoms with van der Waals surface area (Å²) in [5, 5.41) is 10.4. The van der Waals surface area contributed by atoms with Gasteiger partial charge in [0, 0.05) is 34.6 Å². The van der Waals surface area contributed by atoms with Gasteiger partial charge in [-0.15, -0.1) is 0 Å². The number of aromatic nitrogens is 1. The van der Waals surface area contributed by atoms with Crippen molar-refractivity contribution < 1.29 is 19.1 Å². The number of carbonyl (C=O) groups is 3. The van der Waals surface area contributed by atoms with E-state index in [1.807, 2.05) is 57.2 Å². The molecule has 0 aliphatic carbocycles. The second kappa shape index (κ2) is 19.2. The Morgan fingerprint density at radius 3 is 2.22 bits per heavy atom. The maximum absolute atomic E-state index is 13.5. The van der Waals surface area contributed by atoms with Crippen LogP contribution in [0.15, 0.2) is 54.6 Å². The van der Waals surface area contributed by atoms with E-state index in [1.54, 1.807) is 25.1 Å². The number of amides is 2. The molecule has 1 aliphatic heterocycles. The lowest BCUT2D eigenvalue weighted by Gasteiger charge is -2.27. The van der Waals surface area contributed by atoms with E-state index < -0.39 is 18.1 Å². The maximum Gasteiger partial charge on any atom is 0.355 e. The summed E-state index contributed by atoms with van der Waals surface area (Å²) in [6.45, 7) is 12.0. The number of H-pyrrole nitrogens is 1. The van der Waals surface area contributed by atoms with E-state index in [1.165, 1.54) is 19.3 Å². The van der Waals surface area contributed by atoms with E-state index in [4.69, 9.17) is 16.3 Å². The van der Waals surface area contributed by atoms with Gasteiger partial charge in [-0.3, -0.25) is 14.9 Å². The summed E-state index contributed by atoms with van der Waals surface area (Å²) in [6.07, 6.45) is 5.17. The Morgan fingerprint density at radius 2 is 1.62 bits per heavy atom. The van der Waals surface area contributed by atoms with E-state index in [0.29, 0.717) is 41.0 Å². The lowest BCUT2D eigenvalue weighted by Crippen LogP contribution is -2.50. The van der Waals surface area contributed by atoms with E-state index in [-0.39, 0.29) is 30.0 Å². The highest BCUT2D eigenvalue weighted by Gasteiger charge is 2.34. The van der Waals surface area contributed by atoms with Crippen molar-refractivity contribution in [2.75, 3.05) is 39.3 Å². The molecule has 4 rings (SSSR count). The van der Waals surface area contributed by atoms with Crippen LogP contribution in [0.4, 0.5) is 0 Å². The first-order valence-corrected chi connectivity index (χ1v) is 16.6. The number of hydrogen-bond donors (Lipinski definition) is 4. The van der Waals surface area contributed by atoms with Crippen molar-refractivity contribution in [3.8, 4) is 0 Å². The van der Waals surface area contributed by atoms with Crippen LogP contribution in [-0.4, -0.2) is 73.0 Å². The molecule has 45 heavy (non-hydrogen) atoms. The summed E-state index contributed by atoms with van der Waals surface area (Å²) in [6, 6.07) is 15.6. The molecular weight excluding hydrogens is 590 g/mol. The van der Waals surface area contributed by atoms with Gasteiger partial charge in [-0.25, -0.2) is 4.79 Å². The third-order valence-corrected chi connectivity index (χ3v) is 7.87. The van der Waals surface area contributed by atoms with Crippen molar-refractivity contribution in [3.63, 3.8) is 0 Å². The summed E-state index contributed by atoms with van der Waals surface area (Å²) < 4.78 is 5.30. The molecule has 4 N–H and O–H groups in total. The zero-order chi connectivity index (χ0) is 32.6. The van der Waals surface area contributed by atoms with Gasteiger partial charge in [-0.05, 0) is 77.2 Å². The van der Waals surface area contributed by atoms with Crippen molar-refractivity contribution in [3.05, 3.63) is 70.9 Å². The monoisotopic (exact) mass is 639 g/mol. The molecule has 3 aromatic rings. The number of nitrogens with zero attached hydrogens (tertiary/aromatic N) is 1. The lowest BCUT2D eigenvalue weighted by molar-refractivity contribution is -0.126. The maximum atomic E-state index is 13.5. The molecule has 0 bridgehead atoms. The molecule has 10 heteroatoms. The molecule has 0 saturated carbocycles. The van der Waals surface area contributed by atoms with E-state index in [9.17, 15) is 14.4 Å². The summed E-state index contributed by atoms with van der Waals surface area (Å²) in [4.78, 5) is 45.4. The van der Waals surface area contributed by atoms with Gasteiger partial charge in [0.05, 0.1) is 12.6 Å². The first-order valence-electron chi connectivity index (χ1n) is 16.3. The summed E-state index contributed by atoms with van der Waals surface area (Å²) in [5.41, 5.74) is 1.22. The van der Waals surface area contributed by atoms with Gasteiger partial charge in [0.25, 0.3) is 0 Å². The van der Waals surface area contributed by atoms with Crippen LogP contribution in [-0.2, 0) is 14.3 Å². The van der Waals surface area contributed by atoms with Gasteiger partial charge in [0.15, 0.2) is 0 Å². The minimum Gasteiger partial charge on any atom is -0.461 e. The van der Waals surface area contributed by atoms with E-state index in [0.717, 1.165) is 26.1 Å². The number of likely N-dealkylation sites (N-methyl/N-ethyl adjacent to an activating group) is 1. The fourth-order valence-electron chi connectivity index (χ4n) is 5.55. The van der Waals surface area contributed by atoms with Crippen LogP contribution in [0.2, 0.25) is 5.02 Å². The number of aromatic amines is 1. The fraction of sp³-hybridized carbons (Fsp3) is 0.514. The van der Waals surface area contributed by atoms with E-state index in [2.05, 4.69) is 25.8 Å². The first-order chi connectivity index (χ1) is 21.7. The molecular formula is C35H50ClN5O4. The van der Waals surface area contributed by atoms with Crippen molar-refractivity contribution >= 4 is 40.3 Å². The topological polar surface area (TPSA) is 116 Å². The quantitative estimate of drug-likeness (QED) is 0.130. The number of benzene rings is 2. The highest BCUT2D eigenvalue weighted by molar-refractivity contribution is 6.31. The second-order valence-electron chi connectivity index (χ2n) is 11.7. The van der Waals surface area contributed by atoms with Crippen LogP contribution < -0.4 is 16.0 Å². The van der Waals surface area contributed by atoms with Crippen LogP contribution in [0.3, 0.4) is 0 Å². The largest absolute Gasteiger partial charge is 0.461 e. The summed E-state index contributed by atoms with van der Waals surface area (Å²) in [7, 11) is 0. The molecule has 2 heterocycles. The molecule has 2 amide bonds. The Bertz CT molecular complexity index is 1310. The Hall–Kier alpha value is -3.40. The molecule has 0 radical (unpaired) electrons. The van der Waals surface area contributed by atoms with Crippen molar-refractivity contribution in [2.45, 2.75) is 71.9 Å². The lowest BCUT2D eigenvalue weighted by atomic mass is 9.97. The molecule has 9 nitrogen and oxygen atoms in total. The minimum atomic E-state index is -0.970. The van der Waals surface area contributed by atoms with Crippen molar-refractivity contribution in [2.24, 2.45) is 5.92 Å².